The van der Waals surface area contributed by atoms with Gasteiger partial charge < -0.3 is 33.8 Å². The van der Waals surface area contributed by atoms with Gasteiger partial charge in [-0.25, -0.2) is 9.13 Å². The molecule has 116 heavy (non-hydrogen) atoms. The van der Waals surface area contributed by atoms with Crippen LogP contribution in [-0.4, -0.2) is 96.7 Å². The van der Waals surface area contributed by atoms with Crippen molar-refractivity contribution in [3.8, 4) is 0 Å². The van der Waals surface area contributed by atoms with Gasteiger partial charge in [-0.15, -0.1) is 0 Å². The number of carbonyl (C=O) groups is 4. The van der Waals surface area contributed by atoms with E-state index in [2.05, 4.69) is 240 Å². The minimum Gasteiger partial charge on any atom is -0.462 e. The summed E-state index contributed by atoms with van der Waals surface area (Å²) in [5.74, 6) is -2.55. The van der Waals surface area contributed by atoms with Gasteiger partial charge in [0, 0.05) is 25.7 Å². The van der Waals surface area contributed by atoms with E-state index in [1.165, 1.54) is 19.3 Å². The SMILES string of the molecule is CC/C=C\C/C=C\C/C=C\C/C=C\C/C=C\C/C=C\CCC(=O)OC[C@H](COP(=O)(O)OC[C@@H](O)COP(=O)(O)OC[C@@H](COC(=O)CC/C=C\C/C=C\C/C=C\C/C=C\C/C=C\CCCCC)OC(=O)CC/C=C\C/C=C\C/C=C\C/C=C\C/C=C\C/C=C\CC)OC(=O)CCCCC/C=C\C/C=C\C/C=C\C/C=C\C/C=C\CC. The van der Waals surface area contributed by atoms with E-state index in [-0.39, 0.29) is 25.7 Å². The van der Waals surface area contributed by atoms with Crippen LogP contribution in [0.5, 0.6) is 0 Å². The molecule has 0 radical (unpaired) electrons. The first kappa shape index (κ1) is 108. The summed E-state index contributed by atoms with van der Waals surface area (Å²) >= 11 is 0. The molecule has 2 unspecified atom stereocenters. The Morgan fingerprint density at radius 3 is 0.724 bits per heavy atom. The van der Waals surface area contributed by atoms with Crippen molar-refractivity contribution in [2.75, 3.05) is 39.6 Å². The summed E-state index contributed by atoms with van der Waals surface area (Å²) in [7, 11) is -10.1. The van der Waals surface area contributed by atoms with Crippen molar-refractivity contribution in [1.29, 1.82) is 0 Å². The molecular weight excluding hydrogens is 1500 g/mol. The van der Waals surface area contributed by atoms with Crippen LogP contribution in [0.4, 0.5) is 0 Å². The predicted octanol–water partition coefficient (Wildman–Crippen LogP) is 25.9. The molecule has 0 aromatic rings. The summed E-state index contributed by atoms with van der Waals surface area (Å²) < 4.78 is 68.5. The first-order valence-corrected chi connectivity index (χ1v) is 45.6. The summed E-state index contributed by atoms with van der Waals surface area (Å²) in [4.78, 5) is 73.2. The highest BCUT2D eigenvalue weighted by Gasteiger charge is 2.30. The molecule has 17 nitrogen and oxygen atoms in total. The van der Waals surface area contributed by atoms with E-state index in [9.17, 15) is 43.2 Å². The Morgan fingerprint density at radius 1 is 0.250 bits per heavy atom. The Bertz CT molecular complexity index is 3260. The molecule has 0 rings (SSSR count). The summed E-state index contributed by atoms with van der Waals surface area (Å²) in [6, 6.07) is 0. The van der Waals surface area contributed by atoms with Crippen LogP contribution in [0.2, 0.25) is 0 Å². The van der Waals surface area contributed by atoms with Crippen LogP contribution in [0.3, 0.4) is 0 Å². The van der Waals surface area contributed by atoms with E-state index in [1.807, 2.05) is 54.7 Å². The van der Waals surface area contributed by atoms with E-state index >= 15 is 0 Å². The van der Waals surface area contributed by atoms with Crippen LogP contribution in [0.25, 0.3) is 0 Å². The van der Waals surface area contributed by atoms with Gasteiger partial charge in [0.1, 0.15) is 19.3 Å². The number of hydrogen-bond acceptors (Lipinski definition) is 15. The molecule has 0 heterocycles. The number of aliphatic hydroxyl groups is 1. The topological polar surface area (TPSA) is 237 Å². The minimum absolute atomic E-state index is 0.00725. The van der Waals surface area contributed by atoms with Crippen LogP contribution >= 0.6 is 15.6 Å². The van der Waals surface area contributed by atoms with Crippen LogP contribution in [0.1, 0.15) is 259 Å². The zero-order valence-corrected chi connectivity index (χ0v) is 72.6. The van der Waals surface area contributed by atoms with Crippen molar-refractivity contribution in [2.24, 2.45) is 0 Å². The lowest BCUT2D eigenvalue weighted by Crippen LogP contribution is -2.30. The molecule has 3 N–H and O–H groups in total. The van der Waals surface area contributed by atoms with Gasteiger partial charge in [-0.05, 0) is 186 Å². The third-order valence-corrected chi connectivity index (χ3v) is 18.1. The number of aliphatic hydroxyl groups excluding tert-OH is 1. The van der Waals surface area contributed by atoms with Gasteiger partial charge in [-0.2, -0.15) is 0 Å². The number of phosphoric ester groups is 2. The third kappa shape index (κ3) is 84.3. The zero-order chi connectivity index (χ0) is 84.5. The number of ether oxygens (including phenoxy) is 4. The Labute approximate surface area is 700 Å². The van der Waals surface area contributed by atoms with Gasteiger partial charge >= 0.3 is 39.5 Å². The first-order valence-electron chi connectivity index (χ1n) is 42.6. The van der Waals surface area contributed by atoms with E-state index in [1.54, 1.807) is 0 Å². The number of rotatable bonds is 76. The van der Waals surface area contributed by atoms with Crippen molar-refractivity contribution in [1.82, 2.24) is 0 Å². The lowest BCUT2D eigenvalue weighted by atomic mass is 10.1. The van der Waals surface area contributed by atoms with Crippen molar-refractivity contribution >= 4 is 39.5 Å². The van der Waals surface area contributed by atoms with E-state index in [0.29, 0.717) is 44.9 Å². The normalized spacial score (nSPS) is 15.1. The molecule has 646 valence electrons. The summed E-state index contributed by atoms with van der Waals surface area (Å²) in [5.41, 5.74) is 0. The molecule has 19 heteroatoms. The molecular formula is C97H146O17P2. The maximum Gasteiger partial charge on any atom is 0.472 e. The second-order valence-electron chi connectivity index (χ2n) is 26.9. The predicted molar refractivity (Wildman–Crippen MR) is 481 cm³/mol. The number of esters is 4. The van der Waals surface area contributed by atoms with Crippen LogP contribution in [-0.2, 0) is 65.4 Å². The molecule has 0 bridgehead atoms. The average molecular weight is 1650 g/mol. The minimum atomic E-state index is -5.05. The summed E-state index contributed by atoms with van der Waals surface area (Å²) in [6.45, 7) is 4.16. The molecule has 5 atom stereocenters. The van der Waals surface area contributed by atoms with Gasteiger partial charge in [0.2, 0.25) is 0 Å². The maximum atomic E-state index is 13.2. The molecule has 0 aromatic carbocycles. The van der Waals surface area contributed by atoms with Crippen LogP contribution in [0.15, 0.2) is 267 Å². The standard InChI is InChI=1S/C97H146O17P2/c1-5-9-13-17-21-25-29-33-37-41-45-49-53-57-61-65-69-73-77-81-94(99)107-87-92(113-96(101)83-79-75-71-67-63-59-55-51-47-43-39-35-31-27-23-19-15-11-7-3)89-111-115(103,104)109-85-91(98)86-110-116(105,106)112-90-93(114-97(102)84-80-76-72-68-64-60-56-52-48-44-40-36-32-28-24-20-16-12-8-4)88-108-95(100)82-78-74-70-66-62-58-54-50-46-42-38-34-30-26-22-18-14-10-6-2/h9,11-13,15-16,21-28,33-40,45-52,57-64,69-70,72-74,76,91-93,98H,5-8,10,14,17-20,29-32,41-44,53-56,65-68,71,75,77-90H2,1-4H3,(H,103,104)(H,105,106)/b13-9-,15-11-,16-12-,25-21-,26-22-,27-23-,28-24-,37-33-,38-34-,39-35-,40-36-,49-45-,50-46-,51-47-,52-48-,61-57-,62-58-,63-59-,64-60-,73-69-,74-70-,76-72-/t91-,92-,93-/m1/s1. The number of hydrogen-bond donors (Lipinski definition) is 3. The second-order valence-corrected chi connectivity index (χ2v) is 29.8. The molecule has 0 saturated carbocycles. The second kappa shape index (κ2) is 85.2. The van der Waals surface area contributed by atoms with Gasteiger partial charge in [-0.1, -0.05) is 314 Å². The Kier molecular flexibility index (Phi) is 79.6. The maximum absolute atomic E-state index is 13.2. The average Bonchev–Trinajstić information content (AvgIpc) is 0.898. The highest BCUT2D eigenvalue weighted by molar-refractivity contribution is 7.47. The molecule has 0 fully saturated rings. The Balaban J connectivity index is 5.67. The van der Waals surface area contributed by atoms with Crippen LogP contribution < -0.4 is 0 Å². The van der Waals surface area contributed by atoms with Gasteiger partial charge in [0.25, 0.3) is 0 Å². The van der Waals surface area contributed by atoms with Crippen molar-refractivity contribution in [2.45, 2.75) is 277 Å². The quantitative estimate of drug-likeness (QED) is 0.0169. The zero-order valence-electron chi connectivity index (χ0n) is 70.8. The van der Waals surface area contributed by atoms with E-state index in [4.69, 9.17) is 37.0 Å². The van der Waals surface area contributed by atoms with E-state index < -0.39 is 97.5 Å². The third-order valence-electron chi connectivity index (χ3n) is 16.2. The first-order chi connectivity index (χ1) is 56.7. The lowest BCUT2D eigenvalue weighted by molar-refractivity contribution is -0.161. The fraction of sp³-hybridized carbons (Fsp3) is 0.505. The molecule has 0 aliphatic rings. The van der Waals surface area contributed by atoms with Crippen LogP contribution in [0, 0.1) is 0 Å². The summed E-state index contributed by atoms with van der Waals surface area (Å²) in [6.07, 6.45) is 115. The van der Waals surface area contributed by atoms with Gasteiger partial charge in [-0.3, -0.25) is 37.3 Å². The number of allylic oxidation sites excluding steroid dienone is 44. The number of phosphoric acid groups is 2. The molecule has 0 amide bonds. The van der Waals surface area contributed by atoms with Crippen molar-refractivity contribution < 1.29 is 80.2 Å². The fourth-order valence-electron chi connectivity index (χ4n) is 9.87. The number of unbranched alkanes of at least 4 members (excludes halogenated alkanes) is 6. The molecule has 0 saturated heterocycles. The van der Waals surface area contributed by atoms with E-state index in [0.717, 1.165) is 141 Å². The van der Waals surface area contributed by atoms with Crippen molar-refractivity contribution in [3.05, 3.63) is 267 Å². The van der Waals surface area contributed by atoms with Gasteiger partial charge in [0.05, 0.1) is 26.4 Å². The molecule has 0 spiro atoms. The van der Waals surface area contributed by atoms with Crippen molar-refractivity contribution in [3.63, 3.8) is 0 Å². The lowest BCUT2D eigenvalue weighted by Gasteiger charge is -2.21. The number of carbonyl (C=O) groups excluding carboxylic acids is 4. The largest absolute Gasteiger partial charge is 0.472 e. The molecule has 0 aliphatic heterocycles. The molecule has 0 aromatic heterocycles. The monoisotopic (exact) mass is 1650 g/mol. The smallest absolute Gasteiger partial charge is 0.462 e. The molecule has 0 aliphatic carbocycles. The van der Waals surface area contributed by atoms with Gasteiger partial charge in [0.15, 0.2) is 12.2 Å². The highest BCUT2D eigenvalue weighted by atomic mass is 31.2. The Morgan fingerprint density at radius 2 is 0.466 bits per heavy atom. The fourth-order valence-corrected chi connectivity index (χ4v) is 11.4. The highest BCUT2D eigenvalue weighted by Crippen LogP contribution is 2.45. The summed E-state index contributed by atoms with van der Waals surface area (Å²) in [5, 5.41) is 10.7. The Hall–Kier alpha value is -7.66.